The number of sulfonamides is 1. The Balaban J connectivity index is 1.92. The van der Waals surface area contributed by atoms with Crippen molar-refractivity contribution >= 4 is 21.6 Å². The summed E-state index contributed by atoms with van der Waals surface area (Å²) in [5.41, 5.74) is 3.38. The van der Waals surface area contributed by atoms with E-state index in [2.05, 4.69) is 10.0 Å². The number of aryl methyl sites for hydroxylation is 2. The third kappa shape index (κ3) is 5.72. The van der Waals surface area contributed by atoms with E-state index in [0.29, 0.717) is 5.69 Å². The molecule has 0 aromatic heterocycles. The lowest BCUT2D eigenvalue weighted by Gasteiger charge is -2.20. The van der Waals surface area contributed by atoms with E-state index >= 15 is 0 Å². The summed E-state index contributed by atoms with van der Waals surface area (Å²) in [7, 11) is -2.98. The van der Waals surface area contributed by atoms with Gasteiger partial charge in [-0.2, -0.15) is 4.72 Å². The lowest BCUT2D eigenvalue weighted by Crippen LogP contribution is -2.45. The van der Waals surface area contributed by atoms with Gasteiger partial charge in [0.1, 0.15) is 22.5 Å². The van der Waals surface area contributed by atoms with Gasteiger partial charge in [0.2, 0.25) is 15.9 Å². The first-order chi connectivity index (χ1) is 15.2. The molecular formula is C24H25FN2O4S. The first-order valence-electron chi connectivity index (χ1n) is 9.97. The van der Waals surface area contributed by atoms with Crippen molar-refractivity contribution in [2.45, 2.75) is 31.2 Å². The molecule has 0 radical (unpaired) electrons. The summed E-state index contributed by atoms with van der Waals surface area (Å²) in [6, 6.07) is 16.5. The van der Waals surface area contributed by atoms with Gasteiger partial charge in [-0.15, -0.1) is 0 Å². The smallest absolute Gasteiger partial charge is 0.245 e. The summed E-state index contributed by atoms with van der Waals surface area (Å²) in [5.74, 6) is -1.28. The second kappa shape index (κ2) is 9.93. The van der Waals surface area contributed by atoms with Gasteiger partial charge in [0, 0.05) is 5.69 Å². The van der Waals surface area contributed by atoms with Crippen molar-refractivity contribution in [2.24, 2.45) is 0 Å². The van der Waals surface area contributed by atoms with E-state index in [0.717, 1.165) is 28.8 Å². The molecule has 0 fully saturated rings. The minimum atomic E-state index is -4.27. The number of nitrogens with one attached hydrogen (secondary N) is 2. The zero-order valence-corrected chi connectivity index (χ0v) is 18.9. The summed E-state index contributed by atoms with van der Waals surface area (Å²) in [6.45, 7) is 3.88. The lowest BCUT2D eigenvalue weighted by atomic mass is 10.1. The highest BCUT2D eigenvalue weighted by Gasteiger charge is 2.29. The zero-order valence-electron chi connectivity index (χ0n) is 18.1. The van der Waals surface area contributed by atoms with Crippen molar-refractivity contribution in [1.29, 1.82) is 0 Å². The number of amides is 1. The molecule has 3 aromatic carbocycles. The Labute approximate surface area is 187 Å². The summed E-state index contributed by atoms with van der Waals surface area (Å²) in [6.07, 6.45) is 0.106. The summed E-state index contributed by atoms with van der Waals surface area (Å²) in [4.78, 5) is 12.7. The summed E-state index contributed by atoms with van der Waals surface area (Å²) < 4.78 is 47.5. The van der Waals surface area contributed by atoms with E-state index in [9.17, 15) is 17.6 Å². The van der Waals surface area contributed by atoms with E-state index in [-0.39, 0.29) is 17.1 Å². The fourth-order valence-corrected chi connectivity index (χ4v) is 4.57. The summed E-state index contributed by atoms with van der Waals surface area (Å²) in [5, 5.41) is 2.77. The SMILES string of the molecule is COc1ccc(F)cc1S(=O)(=O)NC(Cc1ccccc1)C(=O)Nc1ccc(C)c(C)c1. The molecule has 0 saturated heterocycles. The van der Waals surface area contributed by atoms with Crippen LogP contribution < -0.4 is 14.8 Å². The number of benzene rings is 3. The Morgan fingerprint density at radius 3 is 2.38 bits per heavy atom. The Bertz CT molecular complexity index is 1210. The van der Waals surface area contributed by atoms with Gasteiger partial charge < -0.3 is 10.1 Å². The number of hydrogen-bond acceptors (Lipinski definition) is 4. The quantitative estimate of drug-likeness (QED) is 0.537. The molecule has 8 heteroatoms. The Morgan fingerprint density at radius 2 is 1.72 bits per heavy atom. The zero-order chi connectivity index (χ0) is 23.3. The minimum absolute atomic E-state index is 0.0214. The topological polar surface area (TPSA) is 84.5 Å². The number of methoxy groups -OCH3 is 1. The van der Waals surface area contributed by atoms with Crippen molar-refractivity contribution in [2.75, 3.05) is 12.4 Å². The molecule has 32 heavy (non-hydrogen) atoms. The fraction of sp³-hybridized carbons (Fsp3) is 0.208. The van der Waals surface area contributed by atoms with Gasteiger partial charge in [-0.05, 0) is 67.3 Å². The number of rotatable bonds is 8. The molecule has 0 heterocycles. The number of carbonyl (C=O) groups is 1. The molecule has 3 aromatic rings. The van der Waals surface area contributed by atoms with Crippen LogP contribution in [0.2, 0.25) is 0 Å². The van der Waals surface area contributed by atoms with E-state index in [4.69, 9.17) is 4.74 Å². The first kappa shape index (κ1) is 23.4. The Morgan fingerprint density at radius 1 is 1.00 bits per heavy atom. The fourth-order valence-electron chi connectivity index (χ4n) is 3.20. The molecule has 0 spiro atoms. The first-order valence-corrected chi connectivity index (χ1v) is 11.5. The number of carbonyl (C=O) groups excluding carboxylic acids is 1. The van der Waals surface area contributed by atoms with Gasteiger partial charge in [0.05, 0.1) is 7.11 Å². The van der Waals surface area contributed by atoms with Crippen LogP contribution in [-0.4, -0.2) is 27.5 Å². The Kier molecular flexibility index (Phi) is 7.27. The monoisotopic (exact) mass is 456 g/mol. The van der Waals surface area contributed by atoms with Crippen LogP contribution in [0.3, 0.4) is 0 Å². The van der Waals surface area contributed by atoms with Crippen LogP contribution in [0, 0.1) is 19.7 Å². The predicted octanol–water partition coefficient (Wildman–Crippen LogP) is 3.98. The molecule has 3 rings (SSSR count). The molecule has 1 amide bonds. The molecule has 6 nitrogen and oxygen atoms in total. The van der Waals surface area contributed by atoms with Gasteiger partial charge in [-0.25, -0.2) is 12.8 Å². The highest BCUT2D eigenvalue weighted by atomic mass is 32.2. The molecule has 1 atom stereocenters. The number of halogens is 1. The highest BCUT2D eigenvalue weighted by molar-refractivity contribution is 7.89. The second-order valence-electron chi connectivity index (χ2n) is 7.45. The maximum atomic E-state index is 13.8. The van der Waals surface area contributed by atoms with Crippen molar-refractivity contribution in [3.05, 3.63) is 89.2 Å². The second-order valence-corrected chi connectivity index (χ2v) is 9.13. The molecule has 0 aliphatic carbocycles. The molecular weight excluding hydrogens is 431 g/mol. The molecule has 0 aliphatic rings. The van der Waals surface area contributed by atoms with Gasteiger partial charge in [-0.3, -0.25) is 4.79 Å². The van der Waals surface area contributed by atoms with Gasteiger partial charge in [-0.1, -0.05) is 36.4 Å². The van der Waals surface area contributed by atoms with Gasteiger partial charge in [0.25, 0.3) is 0 Å². The predicted molar refractivity (Wildman–Crippen MR) is 122 cm³/mol. The average molecular weight is 457 g/mol. The normalized spacial score (nSPS) is 12.2. The van der Waals surface area contributed by atoms with Crippen LogP contribution in [0.25, 0.3) is 0 Å². The van der Waals surface area contributed by atoms with Crippen LogP contribution in [0.1, 0.15) is 16.7 Å². The molecule has 2 N–H and O–H groups in total. The van der Waals surface area contributed by atoms with Crippen molar-refractivity contribution in [3.8, 4) is 5.75 Å². The molecule has 0 aliphatic heterocycles. The number of anilines is 1. The third-order valence-electron chi connectivity index (χ3n) is 5.09. The van der Waals surface area contributed by atoms with Crippen LogP contribution in [0.15, 0.2) is 71.6 Å². The van der Waals surface area contributed by atoms with E-state index in [1.807, 2.05) is 32.0 Å². The molecule has 0 bridgehead atoms. The van der Waals surface area contributed by atoms with Gasteiger partial charge in [0.15, 0.2) is 0 Å². The number of hydrogen-bond donors (Lipinski definition) is 2. The van der Waals surface area contributed by atoms with Crippen molar-refractivity contribution in [1.82, 2.24) is 4.72 Å². The van der Waals surface area contributed by atoms with Crippen LogP contribution >= 0.6 is 0 Å². The molecule has 168 valence electrons. The number of ether oxygens (including phenoxy) is 1. The van der Waals surface area contributed by atoms with Crippen LogP contribution in [0.5, 0.6) is 5.75 Å². The van der Waals surface area contributed by atoms with E-state index < -0.39 is 27.8 Å². The third-order valence-corrected chi connectivity index (χ3v) is 6.58. The van der Waals surface area contributed by atoms with Crippen LogP contribution in [-0.2, 0) is 21.2 Å². The van der Waals surface area contributed by atoms with E-state index in [1.165, 1.54) is 13.2 Å². The average Bonchev–Trinajstić information content (AvgIpc) is 2.76. The van der Waals surface area contributed by atoms with Gasteiger partial charge >= 0.3 is 0 Å². The lowest BCUT2D eigenvalue weighted by molar-refractivity contribution is -0.117. The maximum absolute atomic E-state index is 13.8. The Hall–Kier alpha value is -3.23. The molecule has 0 saturated carbocycles. The largest absolute Gasteiger partial charge is 0.495 e. The van der Waals surface area contributed by atoms with Crippen LogP contribution in [0.4, 0.5) is 10.1 Å². The van der Waals surface area contributed by atoms with E-state index in [1.54, 1.807) is 30.3 Å². The molecule has 1 unspecified atom stereocenters. The van der Waals surface area contributed by atoms with Crippen molar-refractivity contribution in [3.63, 3.8) is 0 Å². The highest BCUT2D eigenvalue weighted by Crippen LogP contribution is 2.25. The standard InChI is InChI=1S/C24H25FN2O4S/c1-16-9-11-20(13-17(16)2)26-24(28)21(14-18-7-5-4-6-8-18)27-32(29,30)23-15-19(25)10-12-22(23)31-3/h4-13,15,21,27H,14H2,1-3H3,(H,26,28). The summed E-state index contributed by atoms with van der Waals surface area (Å²) >= 11 is 0. The maximum Gasteiger partial charge on any atom is 0.245 e. The minimum Gasteiger partial charge on any atom is -0.495 e. The van der Waals surface area contributed by atoms with Crippen molar-refractivity contribution < 1.29 is 22.3 Å².